The van der Waals surface area contributed by atoms with E-state index < -0.39 is 0 Å². The highest BCUT2D eigenvalue weighted by Gasteiger charge is 2.26. The molecule has 116 valence electrons. The summed E-state index contributed by atoms with van der Waals surface area (Å²) in [5.41, 5.74) is 0. The summed E-state index contributed by atoms with van der Waals surface area (Å²) < 4.78 is 0. The molecule has 0 aromatic carbocycles. The van der Waals surface area contributed by atoms with Crippen molar-refractivity contribution in [2.24, 2.45) is 5.92 Å². The summed E-state index contributed by atoms with van der Waals surface area (Å²) in [5, 5.41) is 0. The minimum absolute atomic E-state index is 0.798. The molecule has 0 aromatic rings. The van der Waals surface area contributed by atoms with E-state index in [0.29, 0.717) is 0 Å². The Hall–Kier alpha value is -0.720. The molecule has 0 amide bonds. The lowest BCUT2D eigenvalue weighted by Gasteiger charge is -2.28. The Balaban J connectivity index is 2.24. The Labute approximate surface area is 127 Å². The fourth-order valence-corrected chi connectivity index (χ4v) is 3.27. The van der Waals surface area contributed by atoms with Crippen molar-refractivity contribution >= 4 is 0 Å². The van der Waals surface area contributed by atoms with Crippen molar-refractivity contribution in [2.45, 2.75) is 84.1 Å². The standard InChI is InChI=1S/C19H35N/c1-4-6-8-10-11-14-18(3)19-15-13-17-20(19)16-12-9-7-5-2/h4,12,16,18-19H,1,5-11,13-15,17H2,2-3H3. The fraction of sp³-hybridized carbons (Fsp3) is 0.789. The van der Waals surface area contributed by atoms with Crippen molar-refractivity contribution in [2.75, 3.05) is 6.54 Å². The van der Waals surface area contributed by atoms with Crippen molar-refractivity contribution in [3.05, 3.63) is 24.9 Å². The smallest absolute Gasteiger partial charge is 0.0310 e. The first kappa shape index (κ1) is 17.3. The van der Waals surface area contributed by atoms with Crippen LogP contribution in [0.2, 0.25) is 0 Å². The molecule has 1 heterocycles. The van der Waals surface area contributed by atoms with Crippen LogP contribution in [0.25, 0.3) is 0 Å². The van der Waals surface area contributed by atoms with Gasteiger partial charge < -0.3 is 4.90 Å². The summed E-state index contributed by atoms with van der Waals surface area (Å²) in [6.07, 6.45) is 20.1. The van der Waals surface area contributed by atoms with Crippen molar-refractivity contribution < 1.29 is 0 Å². The summed E-state index contributed by atoms with van der Waals surface area (Å²) >= 11 is 0. The van der Waals surface area contributed by atoms with Gasteiger partial charge in [0.1, 0.15) is 0 Å². The SMILES string of the molecule is C=CCCCCCC(C)C1CCCN1C=CCCCC. The van der Waals surface area contributed by atoms with Gasteiger partial charge in [-0.1, -0.05) is 51.7 Å². The molecule has 0 radical (unpaired) electrons. The monoisotopic (exact) mass is 277 g/mol. The number of allylic oxidation sites excluding steroid dienone is 2. The quantitative estimate of drug-likeness (QED) is 0.334. The summed E-state index contributed by atoms with van der Waals surface area (Å²) in [7, 11) is 0. The van der Waals surface area contributed by atoms with E-state index in [-0.39, 0.29) is 0 Å². The van der Waals surface area contributed by atoms with Crippen LogP contribution in [0.5, 0.6) is 0 Å². The molecule has 20 heavy (non-hydrogen) atoms. The third-order valence-electron chi connectivity index (χ3n) is 4.59. The molecule has 1 heteroatoms. The van der Waals surface area contributed by atoms with Crippen LogP contribution in [0, 0.1) is 5.92 Å². The number of likely N-dealkylation sites (tertiary alicyclic amines) is 1. The van der Waals surface area contributed by atoms with E-state index >= 15 is 0 Å². The Kier molecular flexibility index (Phi) is 9.53. The fourth-order valence-electron chi connectivity index (χ4n) is 3.27. The van der Waals surface area contributed by atoms with Gasteiger partial charge in [-0.25, -0.2) is 0 Å². The molecule has 1 aliphatic heterocycles. The first-order valence-corrected chi connectivity index (χ1v) is 8.82. The zero-order chi connectivity index (χ0) is 14.6. The summed E-state index contributed by atoms with van der Waals surface area (Å²) in [5.74, 6) is 0.844. The van der Waals surface area contributed by atoms with Crippen LogP contribution in [0.3, 0.4) is 0 Å². The largest absolute Gasteiger partial charge is 0.374 e. The molecule has 1 fully saturated rings. The topological polar surface area (TPSA) is 3.24 Å². The molecule has 0 saturated carbocycles. The normalized spacial score (nSPS) is 20.7. The van der Waals surface area contributed by atoms with E-state index in [1.165, 1.54) is 70.8 Å². The van der Waals surface area contributed by atoms with Crippen molar-refractivity contribution in [1.29, 1.82) is 0 Å². The van der Waals surface area contributed by atoms with E-state index in [1.54, 1.807) is 0 Å². The van der Waals surface area contributed by atoms with E-state index in [9.17, 15) is 0 Å². The maximum Gasteiger partial charge on any atom is 0.0310 e. The molecule has 1 saturated heterocycles. The Morgan fingerprint density at radius 3 is 2.80 bits per heavy atom. The van der Waals surface area contributed by atoms with Crippen molar-refractivity contribution in [3.63, 3.8) is 0 Å². The summed E-state index contributed by atoms with van der Waals surface area (Å²) in [6.45, 7) is 9.79. The van der Waals surface area contributed by atoms with Crippen LogP contribution in [-0.2, 0) is 0 Å². The lowest BCUT2D eigenvalue weighted by molar-refractivity contribution is 0.250. The molecular weight excluding hydrogens is 242 g/mol. The Bertz CT molecular complexity index is 269. The van der Waals surface area contributed by atoms with Gasteiger partial charge in [-0.05, 0) is 50.6 Å². The molecule has 0 N–H and O–H groups in total. The molecule has 1 nitrogen and oxygen atoms in total. The molecule has 2 unspecified atom stereocenters. The minimum Gasteiger partial charge on any atom is -0.374 e. The molecule has 0 spiro atoms. The van der Waals surface area contributed by atoms with Gasteiger partial charge in [-0.3, -0.25) is 0 Å². The first-order chi connectivity index (χ1) is 9.79. The van der Waals surface area contributed by atoms with Crippen LogP contribution >= 0.6 is 0 Å². The molecule has 2 atom stereocenters. The van der Waals surface area contributed by atoms with Gasteiger partial charge in [0.2, 0.25) is 0 Å². The lowest BCUT2D eigenvalue weighted by Crippen LogP contribution is -2.30. The summed E-state index contributed by atoms with van der Waals surface area (Å²) in [6, 6.07) is 0.798. The molecule has 0 bridgehead atoms. The van der Waals surface area contributed by atoms with Gasteiger partial charge in [0.15, 0.2) is 0 Å². The predicted octanol–water partition coefficient (Wildman–Crippen LogP) is 5.93. The zero-order valence-electron chi connectivity index (χ0n) is 13.8. The van der Waals surface area contributed by atoms with Crippen LogP contribution in [0.4, 0.5) is 0 Å². The third kappa shape index (κ3) is 6.63. The third-order valence-corrected chi connectivity index (χ3v) is 4.59. The maximum absolute atomic E-state index is 3.79. The highest BCUT2D eigenvalue weighted by molar-refractivity contribution is 4.92. The molecule has 1 aliphatic rings. The Morgan fingerprint density at radius 2 is 2.05 bits per heavy atom. The second kappa shape index (κ2) is 11.0. The number of hydrogen-bond acceptors (Lipinski definition) is 1. The average Bonchev–Trinajstić information content (AvgIpc) is 2.91. The highest BCUT2D eigenvalue weighted by Crippen LogP contribution is 2.27. The van der Waals surface area contributed by atoms with Crippen LogP contribution in [0.15, 0.2) is 24.9 Å². The average molecular weight is 277 g/mol. The van der Waals surface area contributed by atoms with Crippen LogP contribution < -0.4 is 0 Å². The summed E-state index contributed by atoms with van der Waals surface area (Å²) in [4.78, 5) is 2.62. The molecule has 0 aromatic heterocycles. The van der Waals surface area contributed by atoms with Crippen molar-refractivity contribution in [1.82, 2.24) is 4.90 Å². The predicted molar refractivity (Wildman–Crippen MR) is 90.8 cm³/mol. The number of nitrogens with zero attached hydrogens (tertiary/aromatic N) is 1. The number of unbranched alkanes of at least 4 members (excludes halogenated alkanes) is 5. The van der Waals surface area contributed by atoms with Gasteiger partial charge in [-0.2, -0.15) is 0 Å². The van der Waals surface area contributed by atoms with Crippen LogP contribution in [0.1, 0.15) is 78.1 Å². The van der Waals surface area contributed by atoms with Gasteiger partial charge in [0, 0.05) is 12.6 Å². The molecular formula is C19H35N. The maximum atomic E-state index is 3.79. The van der Waals surface area contributed by atoms with Gasteiger partial charge in [0.05, 0.1) is 0 Å². The number of hydrogen-bond donors (Lipinski definition) is 0. The van der Waals surface area contributed by atoms with Gasteiger partial charge in [-0.15, -0.1) is 6.58 Å². The second-order valence-electron chi connectivity index (χ2n) is 6.38. The van der Waals surface area contributed by atoms with E-state index in [1.807, 2.05) is 6.08 Å². The zero-order valence-corrected chi connectivity index (χ0v) is 13.8. The minimum atomic E-state index is 0.798. The first-order valence-electron chi connectivity index (χ1n) is 8.82. The second-order valence-corrected chi connectivity index (χ2v) is 6.38. The van der Waals surface area contributed by atoms with Gasteiger partial charge >= 0.3 is 0 Å². The van der Waals surface area contributed by atoms with E-state index in [2.05, 4.69) is 37.6 Å². The van der Waals surface area contributed by atoms with Crippen LogP contribution in [-0.4, -0.2) is 17.5 Å². The molecule has 0 aliphatic carbocycles. The highest BCUT2D eigenvalue weighted by atomic mass is 15.2. The lowest BCUT2D eigenvalue weighted by atomic mass is 9.93. The van der Waals surface area contributed by atoms with E-state index in [4.69, 9.17) is 0 Å². The van der Waals surface area contributed by atoms with Gasteiger partial charge in [0.25, 0.3) is 0 Å². The number of rotatable bonds is 11. The van der Waals surface area contributed by atoms with E-state index in [0.717, 1.165) is 12.0 Å². The Morgan fingerprint density at radius 1 is 1.20 bits per heavy atom. The molecule has 1 rings (SSSR count). The van der Waals surface area contributed by atoms with Crippen molar-refractivity contribution in [3.8, 4) is 0 Å².